The molecule has 0 spiro atoms. The normalized spacial score (nSPS) is 16.7. The van der Waals surface area contributed by atoms with Gasteiger partial charge in [0.1, 0.15) is 0 Å². The first kappa shape index (κ1) is 22.7. The predicted molar refractivity (Wildman–Crippen MR) is 108 cm³/mol. The van der Waals surface area contributed by atoms with Crippen molar-refractivity contribution in [3.8, 4) is 0 Å². The molecule has 1 aromatic rings. The Morgan fingerprint density at radius 1 is 1.23 bits per heavy atom. The van der Waals surface area contributed by atoms with Crippen molar-refractivity contribution in [2.45, 2.75) is 39.2 Å². The third kappa shape index (κ3) is 5.86. The highest BCUT2D eigenvalue weighted by molar-refractivity contribution is 6.31. The van der Waals surface area contributed by atoms with Crippen LogP contribution in [0.2, 0.25) is 5.02 Å². The van der Waals surface area contributed by atoms with Gasteiger partial charge < -0.3 is 15.1 Å². The molecule has 1 fully saturated rings. The number of amides is 2. The molecular formula is C19H29Cl2N3O2. The molecule has 1 aromatic carbocycles. The van der Waals surface area contributed by atoms with Crippen LogP contribution in [0.25, 0.3) is 0 Å². The van der Waals surface area contributed by atoms with E-state index in [0.29, 0.717) is 37.4 Å². The summed E-state index contributed by atoms with van der Waals surface area (Å²) in [7, 11) is 0. The largest absolute Gasteiger partial charge is 0.343 e. The molecule has 7 heteroatoms. The van der Waals surface area contributed by atoms with Gasteiger partial charge in [0.15, 0.2) is 0 Å². The molecule has 26 heavy (non-hydrogen) atoms. The zero-order chi connectivity index (χ0) is 18.2. The number of carbonyl (C=O) groups is 2. The van der Waals surface area contributed by atoms with Crippen molar-refractivity contribution in [3.05, 3.63) is 34.9 Å². The van der Waals surface area contributed by atoms with Crippen molar-refractivity contribution < 1.29 is 9.59 Å². The second-order valence-corrected chi connectivity index (χ2v) is 6.66. The first-order chi connectivity index (χ1) is 12.1. The number of hydrogen-bond acceptors (Lipinski definition) is 3. The Kier molecular flexibility index (Phi) is 9.99. The van der Waals surface area contributed by atoms with E-state index in [9.17, 15) is 9.59 Å². The fraction of sp³-hybridized carbons (Fsp3) is 0.579. The van der Waals surface area contributed by atoms with Gasteiger partial charge in [-0.25, -0.2) is 0 Å². The summed E-state index contributed by atoms with van der Waals surface area (Å²) in [5, 5.41) is 4.02. The van der Waals surface area contributed by atoms with Crippen LogP contribution in [0.3, 0.4) is 0 Å². The Morgan fingerprint density at radius 3 is 2.58 bits per heavy atom. The molecule has 1 atom stereocenters. The van der Waals surface area contributed by atoms with E-state index in [4.69, 9.17) is 11.6 Å². The number of carbonyl (C=O) groups excluding carboxylic acids is 2. The van der Waals surface area contributed by atoms with E-state index >= 15 is 0 Å². The predicted octanol–water partition coefficient (Wildman–Crippen LogP) is 3.27. The Balaban J connectivity index is 0.00000338. The molecule has 5 nitrogen and oxygen atoms in total. The highest BCUT2D eigenvalue weighted by Gasteiger charge is 2.28. The summed E-state index contributed by atoms with van der Waals surface area (Å²) in [6.45, 7) is 7.53. The number of rotatable bonds is 7. The zero-order valence-corrected chi connectivity index (χ0v) is 17.1. The lowest BCUT2D eigenvalue weighted by Crippen LogP contribution is -2.48. The summed E-state index contributed by atoms with van der Waals surface area (Å²) >= 11 is 6.32. The lowest BCUT2D eigenvalue weighted by atomic mass is 10.0. The number of halogens is 2. The molecule has 2 rings (SSSR count). The monoisotopic (exact) mass is 401 g/mol. The van der Waals surface area contributed by atoms with Crippen LogP contribution in [0, 0.1) is 0 Å². The smallest absolute Gasteiger partial charge is 0.223 e. The third-order valence-electron chi connectivity index (χ3n) is 4.73. The molecular weight excluding hydrogens is 373 g/mol. The average molecular weight is 402 g/mol. The summed E-state index contributed by atoms with van der Waals surface area (Å²) in [4.78, 5) is 28.5. The van der Waals surface area contributed by atoms with Gasteiger partial charge >= 0.3 is 0 Å². The SMILES string of the molecule is CCN(CC)C(=O)CCCC(=O)N1CCNCC1c1ccccc1Cl.Cl. The van der Waals surface area contributed by atoms with Crippen molar-refractivity contribution in [1.29, 1.82) is 0 Å². The van der Waals surface area contributed by atoms with Crippen LogP contribution >= 0.6 is 24.0 Å². The molecule has 1 heterocycles. The molecule has 0 bridgehead atoms. The number of benzene rings is 1. The summed E-state index contributed by atoms with van der Waals surface area (Å²) in [6, 6.07) is 7.63. The minimum absolute atomic E-state index is 0. The van der Waals surface area contributed by atoms with Crippen molar-refractivity contribution >= 4 is 35.8 Å². The fourth-order valence-electron chi connectivity index (χ4n) is 3.29. The van der Waals surface area contributed by atoms with E-state index in [-0.39, 0.29) is 30.3 Å². The maximum absolute atomic E-state index is 12.7. The van der Waals surface area contributed by atoms with Gasteiger partial charge in [0, 0.05) is 50.6 Å². The fourth-order valence-corrected chi connectivity index (χ4v) is 3.56. The quantitative estimate of drug-likeness (QED) is 0.762. The third-order valence-corrected chi connectivity index (χ3v) is 5.07. The number of nitrogens with one attached hydrogen (secondary N) is 1. The van der Waals surface area contributed by atoms with Crippen LogP contribution in [-0.4, -0.2) is 54.3 Å². The summed E-state index contributed by atoms with van der Waals surface area (Å²) in [5.41, 5.74) is 0.976. The van der Waals surface area contributed by atoms with Gasteiger partial charge in [-0.2, -0.15) is 0 Å². The van der Waals surface area contributed by atoms with Crippen molar-refractivity contribution in [3.63, 3.8) is 0 Å². The average Bonchev–Trinajstić information content (AvgIpc) is 2.63. The van der Waals surface area contributed by atoms with Gasteiger partial charge in [-0.1, -0.05) is 29.8 Å². The first-order valence-corrected chi connectivity index (χ1v) is 9.48. The minimum Gasteiger partial charge on any atom is -0.343 e. The molecule has 1 unspecified atom stereocenters. The second-order valence-electron chi connectivity index (χ2n) is 6.25. The Morgan fingerprint density at radius 2 is 1.92 bits per heavy atom. The topological polar surface area (TPSA) is 52.7 Å². The Bertz CT molecular complexity index is 594. The maximum atomic E-state index is 12.7. The molecule has 0 aliphatic carbocycles. The molecule has 2 amide bonds. The van der Waals surface area contributed by atoms with Crippen molar-refractivity contribution in [2.75, 3.05) is 32.7 Å². The second kappa shape index (κ2) is 11.4. The van der Waals surface area contributed by atoms with E-state index in [1.807, 2.05) is 47.9 Å². The Labute approximate surface area is 167 Å². The maximum Gasteiger partial charge on any atom is 0.223 e. The summed E-state index contributed by atoms with van der Waals surface area (Å²) in [6.07, 6.45) is 1.41. The van der Waals surface area contributed by atoms with Crippen LogP contribution < -0.4 is 5.32 Å². The van der Waals surface area contributed by atoms with Crippen LogP contribution in [-0.2, 0) is 9.59 Å². The van der Waals surface area contributed by atoms with E-state index < -0.39 is 0 Å². The lowest BCUT2D eigenvalue weighted by Gasteiger charge is -2.37. The van der Waals surface area contributed by atoms with Crippen LogP contribution in [0.4, 0.5) is 0 Å². The highest BCUT2D eigenvalue weighted by atomic mass is 35.5. The summed E-state index contributed by atoms with van der Waals surface area (Å²) < 4.78 is 0. The molecule has 1 saturated heterocycles. The van der Waals surface area contributed by atoms with E-state index in [2.05, 4.69) is 5.32 Å². The van der Waals surface area contributed by atoms with Gasteiger partial charge in [-0.3, -0.25) is 9.59 Å². The first-order valence-electron chi connectivity index (χ1n) is 9.10. The van der Waals surface area contributed by atoms with Gasteiger partial charge in [-0.15, -0.1) is 12.4 Å². The van der Waals surface area contributed by atoms with Crippen LogP contribution in [0.1, 0.15) is 44.7 Å². The lowest BCUT2D eigenvalue weighted by molar-refractivity contribution is -0.135. The van der Waals surface area contributed by atoms with Gasteiger partial charge in [-0.05, 0) is 31.9 Å². The van der Waals surface area contributed by atoms with Crippen molar-refractivity contribution in [1.82, 2.24) is 15.1 Å². The van der Waals surface area contributed by atoms with E-state index in [0.717, 1.165) is 25.2 Å². The zero-order valence-electron chi connectivity index (χ0n) is 15.5. The molecule has 0 aromatic heterocycles. The van der Waals surface area contributed by atoms with Gasteiger partial charge in [0.25, 0.3) is 0 Å². The van der Waals surface area contributed by atoms with Crippen LogP contribution in [0.15, 0.2) is 24.3 Å². The summed E-state index contributed by atoms with van der Waals surface area (Å²) in [5.74, 6) is 0.222. The van der Waals surface area contributed by atoms with E-state index in [1.54, 1.807) is 0 Å². The van der Waals surface area contributed by atoms with Crippen LogP contribution in [0.5, 0.6) is 0 Å². The highest BCUT2D eigenvalue weighted by Crippen LogP contribution is 2.29. The standard InChI is InChI=1S/C19H28ClN3O2.ClH/c1-3-22(4-2)18(24)10-7-11-19(25)23-13-12-21-14-17(23)15-8-5-6-9-16(15)20;/h5-6,8-9,17,21H,3-4,7,10-14H2,1-2H3;1H. The molecule has 1 aliphatic rings. The van der Waals surface area contributed by atoms with Gasteiger partial charge in [0.05, 0.1) is 6.04 Å². The Hall–Kier alpha value is -1.30. The molecule has 0 radical (unpaired) electrons. The molecule has 0 saturated carbocycles. The minimum atomic E-state index is -0.0477. The molecule has 146 valence electrons. The van der Waals surface area contributed by atoms with E-state index in [1.165, 1.54) is 0 Å². The van der Waals surface area contributed by atoms with Crippen molar-refractivity contribution in [2.24, 2.45) is 0 Å². The number of nitrogens with zero attached hydrogens (tertiary/aromatic N) is 2. The van der Waals surface area contributed by atoms with Gasteiger partial charge in [0.2, 0.25) is 11.8 Å². The molecule has 1 N–H and O–H groups in total. The molecule has 1 aliphatic heterocycles. The number of hydrogen-bond donors (Lipinski definition) is 1. The number of piperazine rings is 1.